The molecule has 0 fully saturated rings. The van der Waals surface area contributed by atoms with Crippen molar-refractivity contribution in [3.63, 3.8) is 0 Å². The zero-order valence-electron chi connectivity index (χ0n) is 15.3. The van der Waals surface area contributed by atoms with Gasteiger partial charge in [0, 0.05) is 17.4 Å². The van der Waals surface area contributed by atoms with Crippen molar-refractivity contribution in [3.8, 4) is 22.8 Å². The van der Waals surface area contributed by atoms with Crippen LogP contribution in [0.15, 0.2) is 48.9 Å². The molecule has 2 heterocycles. The van der Waals surface area contributed by atoms with Gasteiger partial charge in [-0.1, -0.05) is 12.1 Å². The molecule has 28 heavy (non-hydrogen) atoms. The number of nitrogens with two attached hydrogens (primary N) is 1. The molecule has 0 radical (unpaired) electrons. The number of aromatic hydroxyl groups is 1. The lowest BCUT2D eigenvalue weighted by Gasteiger charge is -2.15. The zero-order chi connectivity index (χ0) is 19.3. The van der Waals surface area contributed by atoms with Crippen molar-refractivity contribution in [2.75, 3.05) is 12.8 Å². The van der Waals surface area contributed by atoms with E-state index in [1.165, 1.54) is 24.6 Å². The second-order valence-electron chi connectivity index (χ2n) is 6.99. The number of nitrogens with zero attached hydrogens (tertiary/aromatic N) is 4. The van der Waals surface area contributed by atoms with Crippen molar-refractivity contribution in [2.45, 2.75) is 18.9 Å². The minimum atomic E-state index is 0.0803. The molecule has 2 aromatic heterocycles. The van der Waals surface area contributed by atoms with Gasteiger partial charge in [0.1, 0.15) is 6.33 Å². The minimum Gasteiger partial charge on any atom is -0.504 e. The average Bonchev–Trinajstić information content (AvgIpc) is 3.30. The standard InChI is InChI=1S/C21H19N5O2/c1-28-19-6-5-13(8-18(19)27)20-16-10-23-11-24-21(16)25-26(20)14-7-12-3-2-4-17(22)15(12)9-14/h2-6,8,10-11,14,27H,7,9,22H2,1H3. The van der Waals surface area contributed by atoms with Crippen LogP contribution in [0.4, 0.5) is 5.69 Å². The number of rotatable bonds is 3. The molecule has 2 aromatic carbocycles. The van der Waals surface area contributed by atoms with E-state index in [1.54, 1.807) is 18.3 Å². The van der Waals surface area contributed by atoms with Crippen LogP contribution >= 0.6 is 0 Å². The van der Waals surface area contributed by atoms with Gasteiger partial charge < -0.3 is 15.6 Å². The molecule has 7 nitrogen and oxygen atoms in total. The lowest BCUT2D eigenvalue weighted by atomic mass is 10.1. The highest BCUT2D eigenvalue weighted by molar-refractivity contribution is 5.91. The first-order valence-electron chi connectivity index (χ1n) is 9.07. The van der Waals surface area contributed by atoms with Gasteiger partial charge in [-0.15, -0.1) is 0 Å². The number of hydrogen-bond acceptors (Lipinski definition) is 6. The fourth-order valence-corrected chi connectivity index (χ4v) is 4.06. The number of nitrogen functional groups attached to an aromatic ring is 1. The van der Waals surface area contributed by atoms with E-state index >= 15 is 0 Å². The zero-order valence-corrected chi connectivity index (χ0v) is 15.3. The third-order valence-electron chi connectivity index (χ3n) is 5.38. The fraction of sp³-hybridized carbons (Fsp3) is 0.190. The van der Waals surface area contributed by atoms with Crippen molar-refractivity contribution in [1.82, 2.24) is 19.7 Å². The largest absolute Gasteiger partial charge is 0.504 e. The van der Waals surface area contributed by atoms with E-state index in [-0.39, 0.29) is 11.8 Å². The maximum Gasteiger partial charge on any atom is 0.184 e. The van der Waals surface area contributed by atoms with Crippen LogP contribution in [0.1, 0.15) is 17.2 Å². The van der Waals surface area contributed by atoms with Crippen molar-refractivity contribution in [2.24, 2.45) is 0 Å². The van der Waals surface area contributed by atoms with Crippen LogP contribution in [0.3, 0.4) is 0 Å². The molecule has 3 N–H and O–H groups in total. The normalized spacial score (nSPS) is 15.7. The average molecular weight is 373 g/mol. The number of phenolic OH excluding ortho intramolecular Hbond substituents is 1. The van der Waals surface area contributed by atoms with E-state index in [2.05, 4.69) is 16.0 Å². The smallest absolute Gasteiger partial charge is 0.184 e. The summed E-state index contributed by atoms with van der Waals surface area (Å²) in [7, 11) is 1.53. The molecule has 1 aliphatic carbocycles. The maximum absolute atomic E-state index is 10.3. The number of anilines is 1. The Kier molecular flexibility index (Phi) is 3.68. The summed E-state index contributed by atoms with van der Waals surface area (Å²) >= 11 is 0. The van der Waals surface area contributed by atoms with Crippen LogP contribution in [0.25, 0.3) is 22.3 Å². The summed E-state index contributed by atoms with van der Waals surface area (Å²) in [5.41, 5.74) is 11.8. The SMILES string of the molecule is COc1ccc(-c2c3cncnc3nn2C2Cc3cccc(N)c3C2)cc1O. The van der Waals surface area contributed by atoms with E-state index in [1.807, 2.05) is 22.9 Å². The Morgan fingerprint density at radius 2 is 2.11 bits per heavy atom. The van der Waals surface area contributed by atoms with Crippen LogP contribution in [-0.4, -0.2) is 32.0 Å². The highest BCUT2D eigenvalue weighted by Gasteiger charge is 2.28. The van der Waals surface area contributed by atoms with E-state index < -0.39 is 0 Å². The highest BCUT2D eigenvalue weighted by Crippen LogP contribution is 2.39. The lowest BCUT2D eigenvalue weighted by Crippen LogP contribution is -2.12. The molecule has 5 rings (SSSR count). The number of aromatic nitrogens is 4. The molecule has 0 amide bonds. The van der Waals surface area contributed by atoms with E-state index in [9.17, 15) is 5.11 Å². The molecule has 0 bridgehead atoms. The summed E-state index contributed by atoms with van der Waals surface area (Å²) in [6.07, 6.45) is 4.91. The van der Waals surface area contributed by atoms with Crippen LogP contribution in [0, 0.1) is 0 Å². The summed E-state index contributed by atoms with van der Waals surface area (Å²) in [5, 5.41) is 15.9. The molecule has 1 aliphatic rings. The van der Waals surface area contributed by atoms with Crippen molar-refractivity contribution in [1.29, 1.82) is 0 Å². The lowest BCUT2D eigenvalue weighted by molar-refractivity contribution is 0.373. The first-order chi connectivity index (χ1) is 13.7. The number of phenols is 1. The monoisotopic (exact) mass is 373 g/mol. The summed E-state index contributed by atoms with van der Waals surface area (Å²) in [6.45, 7) is 0. The third-order valence-corrected chi connectivity index (χ3v) is 5.38. The van der Waals surface area contributed by atoms with E-state index in [0.717, 1.165) is 35.2 Å². The van der Waals surface area contributed by atoms with Gasteiger partial charge >= 0.3 is 0 Å². The van der Waals surface area contributed by atoms with E-state index in [0.29, 0.717) is 11.4 Å². The first-order valence-corrected chi connectivity index (χ1v) is 9.07. The highest BCUT2D eigenvalue weighted by atomic mass is 16.5. The van der Waals surface area contributed by atoms with Gasteiger partial charge in [-0.3, -0.25) is 4.68 Å². The molecular weight excluding hydrogens is 354 g/mol. The summed E-state index contributed by atoms with van der Waals surface area (Å²) in [6, 6.07) is 11.5. The molecule has 1 unspecified atom stereocenters. The third kappa shape index (κ3) is 2.47. The van der Waals surface area contributed by atoms with Crippen molar-refractivity contribution >= 4 is 16.7 Å². The number of hydrogen-bond donors (Lipinski definition) is 2. The molecule has 0 saturated heterocycles. The second kappa shape index (κ2) is 6.23. The maximum atomic E-state index is 10.3. The van der Waals surface area contributed by atoms with Gasteiger partial charge in [0.15, 0.2) is 17.1 Å². The quantitative estimate of drug-likeness (QED) is 0.535. The van der Waals surface area contributed by atoms with Crippen LogP contribution < -0.4 is 10.5 Å². The van der Waals surface area contributed by atoms with Gasteiger partial charge in [0.05, 0.1) is 24.2 Å². The Balaban J connectivity index is 1.67. The summed E-state index contributed by atoms with van der Waals surface area (Å²) in [5.74, 6) is 0.508. The summed E-state index contributed by atoms with van der Waals surface area (Å²) in [4.78, 5) is 8.50. The first kappa shape index (κ1) is 16.6. The molecule has 4 aromatic rings. The predicted molar refractivity (Wildman–Crippen MR) is 106 cm³/mol. The van der Waals surface area contributed by atoms with Crippen LogP contribution in [0.5, 0.6) is 11.5 Å². The number of benzene rings is 2. The Morgan fingerprint density at radius 3 is 2.89 bits per heavy atom. The van der Waals surface area contributed by atoms with Gasteiger partial charge in [-0.25, -0.2) is 9.97 Å². The number of fused-ring (bicyclic) bond motifs is 2. The number of ether oxygens (including phenoxy) is 1. The molecule has 1 atom stereocenters. The molecule has 7 heteroatoms. The van der Waals surface area contributed by atoms with E-state index in [4.69, 9.17) is 15.6 Å². The molecular formula is C21H19N5O2. The Bertz CT molecular complexity index is 1200. The molecule has 140 valence electrons. The number of methoxy groups -OCH3 is 1. The topological polar surface area (TPSA) is 99.1 Å². The van der Waals surface area contributed by atoms with Crippen LogP contribution in [-0.2, 0) is 12.8 Å². The van der Waals surface area contributed by atoms with Crippen LogP contribution in [0.2, 0.25) is 0 Å². The minimum absolute atomic E-state index is 0.0803. The van der Waals surface area contributed by atoms with Gasteiger partial charge in [0.2, 0.25) is 0 Å². The van der Waals surface area contributed by atoms with Crippen molar-refractivity contribution < 1.29 is 9.84 Å². The van der Waals surface area contributed by atoms with Gasteiger partial charge in [0.25, 0.3) is 0 Å². The second-order valence-corrected chi connectivity index (χ2v) is 6.99. The van der Waals surface area contributed by atoms with Crippen molar-refractivity contribution in [3.05, 3.63) is 60.0 Å². The molecule has 0 aliphatic heterocycles. The van der Waals surface area contributed by atoms with Gasteiger partial charge in [-0.05, 0) is 48.2 Å². The summed E-state index contributed by atoms with van der Waals surface area (Å²) < 4.78 is 7.18. The Labute approximate surface area is 161 Å². The molecule has 0 spiro atoms. The van der Waals surface area contributed by atoms with Gasteiger partial charge in [-0.2, -0.15) is 5.10 Å². The molecule has 0 saturated carbocycles. The fourth-order valence-electron chi connectivity index (χ4n) is 4.06. The Hall–Kier alpha value is -3.61. The Morgan fingerprint density at radius 1 is 1.21 bits per heavy atom. The predicted octanol–water partition coefficient (Wildman–Crippen LogP) is 3.13.